The van der Waals surface area contributed by atoms with Gasteiger partial charge in [0, 0.05) is 10.4 Å². The maximum absolute atomic E-state index is 11.2. The molecule has 0 saturated carbocycles. The number of ether oxygens (including phenoxy) is 3. The van der Waals surface area contributed by atoms with Crippen LogP contribution in [0.2, 0.25) is 0 Å². The van der Waals surface area contributed by atoms with E-state index >= 15 is 0 Å². The summed E-state index contributed by atoms with van der Waals surface area (Å²) in [5.41, 5.74) is 4.16. The summed E-state index contributed by atoms with van der Waals surface area (Å²) in [7, 11) is 0. The molecule has 204 valence electrons. The van der Waals surface area contributed by atoms with E-state index < -0.39 is 18.1 Å². The highest BCUT2D eigenvalue weighted by Crippen LogP contribution is 2.41. The molecule has 4 rings (SSSR count). The van der Waals surface area contributed by atoms with Crippen molar-refractivity contribution in [3.63, 3.8) is 0 Å². The quantitative estimate of drug-likeness (QED) is 0.288. The Morgan fingerprint density at radius 3 is 2.13 bits per heavy atom. The Morgan fingerprint density at radius 1 is 0.895 bits per heavy atom. The second-order valence-electron chi connectivity index (χ2n) is 10.4. The maximum Gasteiger partial charge on any atom is 0.0938 e. The molecular weight excluding hydrogens is 544 g/mol. The normalized spacial score (nSPS) is 25.2. The van der Waals surface area contributed by atoms with Gasteiger partial charge in [0.05, 0.1) is 50.8 Å². The molecule has 2 N–H and O–H groups in total. The van der Waals surface area contributed by atoms with Crippen LogP contribution in [-0.4, -0.2) is 47.8 Å². The molecule has 38 heavy (non-hydrogen) atoms. The van der Waals surface area contributed by atoms with E-state index in [4.69, 9.17) is 14.2 Å². The van der Waals surface area contributed by atoms with Gasteiger partial charge in [-0.3, -0.25) is 0 Å². The Morgan fingerprint density at radius 2 is 1.53 bits per heavy atom. The van der Waals surface area contributed by atoms with Crippen molar-refractivity contribution in [3.05, 3.63) is 106 Å². The van der Waals surface area contributed by atoms with Crippen molar-refractivity contribution in [2.24, 2.45) is 11.8 Å². The van der Waals surface area contributed by atoms with Gasteiger partial charge in [-0.2, -0.15) is 0 Å². The van der Waals surface area contributed by atoms with Crippen LogP contribution < -0.4 is 0 Å². The van der Waals surface area contributed by atoms with Crippen LogP contribution in [0.15, 0.2) is 83.3 Å². The van der Waals surface area contributed by atoms with Gasteiger partial charge >= 0.3 is 0 Å². The van der Waals surface area contributed by atoms with Gasteiger partial charge in [-0.25, -0.2) is 0 Å². The largest absolute Gasteiger partial charge is 0.394 e. The Balaban J connectivity index is 1.62. The molecule has 0 aromatic heterocycles. The Hall–Kier alpha value is -2.06. The second kappa shape index (κ2) is 13.8. The molecule has 6 heteroatoms. The Labute approximate surface area is 234 Å². The molecule has 1 saturated heterocycles. The summed E-state index contributed by atoms with van der Waals surface area (Å²) in [6, 6.07) is 26.2. The van der Waals surface area contributed by atoms with Crippen LogP contribution in [-0.2, 0) is 27.4 Å². The molecule has 5 nitrogen and oxygen atoms in total. The molecule has 1 aliphatic heterocycles. The lowest BCUT2D eigenvalue weighted by Gasteiger charge is -2.48. The zero-order valence-electron chi connectivity index (χ0n) is 22.4. The monoisotopic (exact) mass is 582 g/mol. The minimum atomic E-state index is -1.01. The fourth-order valence-corrected chi connectivity index (χ4v) is 5.91. The molecule has 1 heterocycles. The molecule has 1 aliphatic rings. The molecule has 0 aliphatic carbocycles. The first-order valence-electron chi connectivity index (χ1n) is 13.4. The third-order valence-corrected chi connectivity index (χ3v) is 8.31. The molecule has 3 aromatic rings. The summed E-state index contributed by atoms with van der Waals surface area (Å²) in [6.07, 6.45) is -1.95. The van der Waals surface area contributed by atoms with Crippen LogP contribution in [0.1, 0.15) is 42.0 Å². The van der Waals surface area contributed by atoms with Crippen LogP contribution in [0.4, 0.5) is 0 Å². The zero-order valence-corrected chi connectivity index (χ0v) is 24.0. The number of hydrogen-bond donors (Lipinski definition) is 2. The molecule has 0 radical (unpaired) electrons. The van der Waals surface area contributed by atoms with E-state index in [0.29, 0.717) is 19.8 Å². The lowest BCUT2D eigenvalue weighted by molar-refractivity contribution is -0.218. The van der Waals surface area contributed by atoms with Crippen LogP contribution >= 0.6 is 15.9 Å². The van der Waals surface area contributed by atoms with Gasteiger partial charge in [0.25, 0.3) is 0 Å². The van der Waals surface area contributed by atoms with Crippen LogP contribution in [0.5, 0.6) is 0 Å². The number of halogens is 1. The van der Waals surface area contributed by atoms with Gasteiger partial charge in [0.2, 0.25) is 0 Å². The van der Waals surface area contributed by atoms with Gasteiger partial charge in [-0.15, -0.1) is 0 Å². The molecule has 3 unspecified atom stereocenters. The van der Waals surface area contributed by atoms with Crippen LogP contribution in [0.3, 0.4) is 0 Å². The lowest BCUT2D eigenvalue weighted by atomic mass is 9.74. The topological polar surface area (TPSA) is 68.2 Å². The van der Waals surface area contributed by atoms with Crippen molar-refractivity contribution >= 4 is 15.9 Å². The third kappa shape index (κ3) is 7.12. The van der Waals surface area contributed by atoms with E-state index in [1.807, 2.05) is 85.8 Å². The molecule has 0 bridgehead atoms. The standard InChI is InChI=1S/C32H39BrO5/c1-21-16-26(33)14-15-27(21)30(28(35)17-34)32-31(37-19-25-12-8-5-9-13-25)23(3)22(2)29(38-32)20-36-18-24-10-6-4-7-11-24/h4-16,22-23,28-32,34-35H,17-20H2,1-3H3/t22-,23-,28?,29?,30-,31?,32+/m0/s1. The first kappa shape index (κ1) is 28.9. The summed E-state index contributed by atoms with van der Waals surface area (Å²) in [6.45, 7) is 7.41. The minimum Gasteiger partial charge on any atom is -0.394 e. The van der Waals surface area contributed by atoms with Crippen LogP contribution in [0, 0.1) is 18.8 Å². The second-order valence-corrected chi connectivity index (χ2v) is 11.3. The number of aliphatic hydroxyl groups excluding tert-OH is 2. The van der Waals surface area contributed by atoms with Crippen molar-refractivity contribution in [2.45, 2.75) is 64.3 Å². The van der Waals surface area contributed by atoms with Crippen molar-refractivity contribution in [2.75, 3.05) is 13.2 Å². The van der Waals surface area contributed by atoms with Gasteiger partial charge in [-0.1, -0.05) is 96.5 Å². The first-order valence-corrected chi connectivity index (χ1v) is 14.2. The molecule has 1 fully saturated rings. The van der Waals surface area contributed by atoms with E-state index in [1.165, 1.54) is 0 Å². The van der Waals surface area contributed by atoms with E-state index in [-0.39, 0.29) is 30.7 Å². The Kier molecular flexibility index (Phi) is 10.5. The molecule has 0 amide bonds. The minimum absolute atomic E-state index is 0.131. The number of hydrogen-bond acceptors (Lipinski definition) is 5. The number of aliphatic hydroxyl groups is 2. The van der Waals surface area contributed by atoms with Gasteiger partial charge in [-0.05, 0) is 53.1 Å². The number of benzene rings is 3. The van der Waals surface area contributed by atoms with E-state index in [0.717, 1.165) is 26.7 Å². The zero-order chi connectivity index (χ0) is 27.1. The first-order chi connectivity index (χ1) is 18.4. The van der Waals surface area contributed by atoms with Gasteiger partial charge in [0.15, 0.2) is 0 Å². The molecule has 3 aromatic carbocycles. The summed E-state index contributed by atoms with van der Waals surface area (Å²) in [5.74, 6) is -0.173. The summed E-state index contributed by atoms with van der Waals surface area (Å²) in [5, 5.41) is 21.3. The highest BCUT2D eigenvalue weighted by molar-refractivity contribution is 9.10. The highest BCUT2D eigenvalue weighted by Gasteiger charge is 2.47. The van der Waals surface area contributed by atoms with Gasteiger partial charge in [0.1, 0.15) is 0 Å². The average Bonchev–Trinajstić information content (AvgIpc) is 2.93. The van der Waals surface area contributed by atoms with E-state index in [1.54, 1.807) is 0 Å². The predicted molar refractivity (Wildman–Crippen MR) is 153 cm³/mol. The summed E-state index contributed by atoms with van der Waals surface area (Å²) < 4.78 is 20.5. The lowest BCUT2D eigenvalue weighted by Crippen LogP contribution is -2.55. The predicted octanol–water partition coefficient (Wildman–Crippen LogP) is 6.04. The van der Waals surface area contributed by atoms with Crippen molar-refractivity contribution < 1.29 is 24.4 Å². The van der Waals surface area contributed by atoms with E-state index in [2.05, 4.69) is 29.8 Å². The van der Waals surface area contributed by atoms with Crippen molar-refractivity contribution in [3.8, 4) is 0 Å². The number of rotatable bonds is 11. The maximum atomic E-state index is 11.2. The highest BCUT2D eigenvalue weighted by atomic mass is 79.9. The molecule has 0 spiro atoms. The van der Waals surface area contributed by atoms with E-state index in [9.17, 15) is 10.2 Å². The van der Waals surface area contributed by atoms with Crippen molar-refractivity contribution in [1.29, 1.82) is 0 Å². The van der Waals surface area contributed by atoms with Crippen LogP contribution in [0.25, 0.3) is 0 Å². The fourth-order valence-electron chi connectivity index (χ4n) is 5.43. The molecular formula is C32H39BrO5. The smallest absolute Gasteiger partial charge is 0.0938 e. The summed E-state index contributed by atoms with van der Waals surface area (Å²) in [4.78, 5) is 0. The summed E-state index contributed by atoms with van der Waals surface area (Å²) >= 11 is 3.55. The van der Waals surface area contributed by atoms with Crippen molar-refractivity contribution in [1.82, 2.24) is 0 Å². The number of aryl methyl sites for hydroxylation is 1. The average molecular weight is 584 g/mol. The SMILES string of the molecule is Cc1cc(Br)ccc1[C@@H](C(O)CO)[C@H]1OC(COCc2ccccc2)[C@@H](C)[C@H](C)C1OCc1ccccc1. The fraction of sp³-hybridized carbons (Fsp3) is 0.438. The molecule has 7 atom stereocenters. The third-order valence-electron chi connectivity index (χ3n) is 7.82. The Bertz CT molecular complexity index is 1120. The van der Waals surface area contributed by atoms with Gasteiger partial charge < -0.3 is 24.4 Å².